The second-order valence-electron chi connectivity index (χ2n) is 2.96. The first-order chi connectivity index (χ1) is 6.65. The number of nitrogens with zero attached hydrogens (tertiary/aromatic N) is 3. The second-order valence-corrected chi connectivity index (χ2v) is 2.96. The highest BCUT2D eigenvalue weighted by Gasteiger charge is 2.09. The van der Waals surface area contributed by atoms with Crippen LogP contribution in [0, 0.1) is 6.92 Å². The highest BCUT2D eigenvalue weighted by atomic mass is 16.4. The Bertz CT molecular complexity index is 322. The van der Waals surface area contributed by atoms with Gasteiger partial charge in [0.1, 0.15) is 0 Å². The molecule has 0 aliphatic heterocycles. The van der Waals surface area contributed by atoms with E-state index >= 15 is 0 Å². The maximum atomic E-state index is 10.3. The Morgan fingerprint density at radius 1 is 1.57 bits per heavy atom. The van der Waals surface area contributed by atoms with E-state index in [1.165, 1.54) is 0 Å². The van der Waals surface area contributed by atoms with Gasteiger partial charge in [-0.1, -0.05) is 5.21 Å². The van der Waals surface area contributed by atoms with Crippen molar-refractivity contribution >= 4 is 5.97 Å². The zero-order valence-corrected chi connectivity index (χ0v) is 7.97. The molecule has 0 atom stereocenters. The fourth-order valence-corrected chi connectivity index (χ4v) is 1.16. The number of carboxylic acids is 1. The lowest BCUT2D eigenvalue weighted by Gasteiger charge is -1.99. The average Bonchev–Trinajstić information content (AvgIpc) is 2.46. The number of aromatic nitrogens is 3. The summed E-state index contributed by atoms with van der Waals surface area (Å²) in [5.41, 5.74) is 1.50. The number of hydrogen-bond donors (Lipinski definition) is 2. The molecule has 0 fully saturated rings. The summed E-state index contributed by atoms with van der Waals surface area (Å²) in [6, 6.07) is 0. The third-order valence-corrected chi connectivity index (χ3v) is 1.97. The van der Waals surface area contributed by atoms with Gasteiger partial charge in [-0.25, -0.2) is 4.68 Å². The summed E-state index contributed by atoms with van der Waals surface area (Å²) in [6.07, 6.45) is 0.436. The normalized spacial score (nSPS) is 10.4. The SMILES string of the molecule is Cc1c(CCC(=O)O)nnn1CCO. The number of hydrogen-bond acceptors (Lipinski definition) is 4. The van der Waals surface area contributed by atoms with Crippen LogP contribution in [0.1, 0.15) is 17.8 Å². The van der Waals surface area contributed by atoms with E-state index in [2.05, 4.69) is 10.3 Å². The molecule has 0 aliphatic rings. The van der Waals surface area contributed by atoms with Crippen molar-refractivity contribution in [2.75, 3.05) is 6.61 Å². The second kappa shape index (κ2) is 4.71. The largest absolute Gasteiger partial charge is 0.481 e. The number of aliphatic carboxylic acids is 1. The first-order valence-electron chi connectivity index (χ1n) is 4.36. The van der Waals surface area contributed by atoms with Crippen LogP contribution >= 0.6 is 0 Å². The van der Waals surface area contributed by atoms with Crippen molar-refractivity contribution in [1.29, 1.82) is 0 Å². The van der Waals surface area contributed by atoms with Gasteiger partial charge in [-0.15, -0.1) is 5.10 Å². The van der Waals surface area contributed by atoms with Gasteiger partial charge in [0, 0.05) is 6.42 Å². The van der Waals surface area contributed by atoms with Crippen LogP contribution in [-0.4, -0.2) is 37.8 Å². The fraction of sp³-hybridized carbons (Fsp3) is 0.625. The number of aryl methyl sites for hydroxylation is 1. The van der Waals surface area contributed by atoms with Crippen LogP contribution in [0.4, 0.5) is 0 Å². The molecule has 1 aromatic heterocycles. The van der Waals surface area contributed by atoms with Gasteiger partial charge >= 0.3 is 5.97 Å². The average molecular weight is 199 g/mol. The third kappa shape index (κ3) is 2.53. The minimum atomic E-state index is -0.846. The summed E-state index contributed by atoms with van der Waals surface area (Å²) in [5, 5.41) is 24.8. The number of carboxylic acid groups (broad SMARTS) is 1. The van der Waals surface area contributed by atoms with Crippen LogP contribution in [0.25, 0.3) is 0 Å². The third-order valence-electron chi connectivity index (χ3n) is 1.97. The van der Waals surface area contributed by atoms with Gasteiger partial charge in [0.15, 0.2) is 0 Å². The quantitative estimate of drug-likeness (QED) is 0.673. The molecule has 1 rings (SSSR count). The molecule has 0 saturated heterocycles. The molecule has 6 heteroatoms. The van der Waals surface area contributed by atoms with Crippen molar-refractivity contribution in [2.45, 2.75) is 26.3 Å². The number of carbonyl (C=O) groups is 1. The summed E-state index contributed by atoms with van der Waals surface area (Å²) >= 11 is 0. The minimum absolute atomic E-state index is 0.00255. The van der Waals surface area contributed by atoms with E-state index in [0.717, 1.165) is 5.69 Å². The van der Waals surface area contributed by atoms with Crippen molar-refractivity contribution in [3.8, 4) is 0 Å². The van der Waals surface area contributed by atoms with Crippen LogP contribution in [0.5, 0.6) is 0 Å². The van der Waals surface area contributed by atoms with Crippen LogP contribution < -0.4 is 0 Å². The summed E-state index contributed by atoms with van der Waals surface area (Å²) in [4.78, 5) is 10.3. The molecule has 0 aliphatic carbocycles. The lowest BCUT2D eigenvalue weighted by atomic mass is 10.2. The maximum Gasteiger partial charge on any atom is 0.303 e. The van der Waals surface area contributed by atoms with E-state index in [0.29, 0.717) is 18.7 Å². The van der Waals surface area contributed by atoms with E-state index in [-0.39, 0.29) is 13.0 Å². The molecule has 0 aromatic carbocycles. The Morgan fingerprint density at radius 3 is 2.86 bits per heavy atom. The van der Waals surface area contributed by atoms with Crippen LogP contribution in [0.15, 0.2) is 0 Å². The molecule has 0 amide bonds. The van der Waals surface area contributed by atoms with Crippen LogP contribution in [0.2, 0.25) is 0 Å². The summed E-state index contributed by atoms with van der Waals surface area (Å²) < 4.78 is 1.57. The molecule has 6 nitrogen and oxygen atoms in total. The first kappa shape index (κ1) is 10.6. The summed E-state index contributed by atoms with van der Waals surface area (Å²) in [7, 11) is 0. The van der Waals surface area contributed by atoms with Gasteiger partial charge in [0.2, 0.25) is 0 Å². The molecule has 2 N–H and O–H groups in total. The van der Waals surface area contributed by atoms with Gasteiger partial charge in [-0.3, -0.25) is 4.79 Å². The van der Waals surface area contributed by atoms with E-state index < -0.39 is 5.97 Å². The summed E-state index contributed by atoms with van der Waals surface area (Å²) in [5.74, 6) is -0.846. The van der Waals surface area contributed by atoms with Gasteiger partial charge in [0.25, 0.3) is 0 Å². The lowest BCUT2D eigenvalue weighted by Crippen LogP contribution is -2.06. The molecule has 0 unspecified atom stereocenters. The van der Waals surface area contributed by atoms with Gasteiger partial charge in [-0.2, -0.15) is 0 Å². The monoisotopic (exact) mass is 199 g/mol. The van der Waals surface area contributed by atoms with Crippen molar-refractivity contribution in [2.24, 2.45) is 0 Å². The maximum absolute atomic E-state index is 10.3. The molecule has 0 spiro atoms. The molecule has 0 bridgehead atoms. The lowest BCUT2D eigenvalue weighted by molar-refractivity contribution is -0.136. The highest BCUT2D eigenvalue weighted by Crippen LogP contribution is 2.05. The van der Waals surface area contributed by atoms with E-state index in [4.69, 9.17) is 10.2 Å². The molecule has 0 radical (unpaired) electrons. The molecule has 0 saturated carbocycles. The van der Waals surface area contributed by atoms with E-state index in [1.807, 2.05) is 6.92 Å². The molecule has 1 aromatic rings. The number of rotatable bonds is 5. The standard InChI is InChI=1S/C8H13N3O3/c1-6-7(2-3-8(13)14)9-10-11(6)4-5-12/h12H,2-5H2,1H3,(H,13,14). The van der Waals surface area contributed by atoms with Gasteiger partial charge < -0.3 is 10.2 Å². The van der Waals surface area contributed by atoms with Crippen LogP contribution in [0.3, 0.4) is 0 Å². The zero-order valence-electron chi connectivity index (χ0n) is 7.97. The van der Waals surface area contributed by atoms with Crippen molar-refractivity contribution in [3.63, 3.8) is 0 Å². The predicted molar refractivity (Wildman–Crippen MR) is 47.8 cm³/mol. The molecule has 1 heterocycles. The van der Waals surface area contributed by atoms with Gasteiger partial charge in [0.05, 0.1) is 31.0 Å². The van der Waals surface area contributed by atoms with Crippen molar-refractivity contribution < 1.29 is 15.0 Å². The molecule has 14 heavy (non-hydrogen) atoms. The Labute approximate surface area is 81.2 Å². The van der Waals surface area contributed by atoms with Gasteiger partial charge in [-0.05, 0) is 6.92 Å². The number of aliphatic hydroxyl groups is 1. The number of aliphatic hydroxyl groups excluding tert-OH is 1. The molecular weight excluding hydrogens is 186 g/mol. The van der Waals surface area contributed by atoms with Crippen molar-refractivity contribution in [3.05, 3.63) is 11.4 Å². The van der Waals surface area contributed by atoms with Crippen LogP contribution in [-0.2, 0) is 17.8 Å². The Morgan fingerprint density at radius 2 is 2.29 bits per heavy atom. The Kier molecular flexibility index (Phi) is 3.58. The van der Waals surface area contributed by atoms with Crippen molar-refractivity contribution in [1.82, 2.24) is 15.0 Å². The predicted octanol–water partition coefficient (Wildman–Crippen LogP) is -0.404. The minimum Gasteiger partial charge on any atom is -0.481 e. The molecular formula is C8H13N3O3. The smallest absolute Gasteiger partial charge is 0.303 e. The Hall–Kier alpha value is -1.43. The Balaban J connectivity index is 2.64. The highest BCUT2D eigenvalue weighted by molar-refractivity contribution is 5.66. The van der Waals surface area contributed by atoms with E-state index in [9.17, 15) is 4.79 Å². The fourth-order valence-electron chi connectivity index (χ4n) is 1.16. The molecule has 78 valence electrons. The van der Waals surface area contributed by atoms with E-state index in [1.54, 1.807) is 4.68 Å². The summed E-state index contributed by atoms with van der Waals surface area (Å²) in [6.45, 7) is 2.21. The zero-order chi connectivity index (χ0) is 10.6. The first-order valence-corrected chi connectivity index (χ1v) is 4.36. The topological polar surface area (TPSA) is 88.2 Å².